The predicted molar refractivity (Wildman–Crippen MR) is 74.7 cm³/mol. The molecule has 1 aliphatic rings. The normalized spacial score (nSPS) is 22.9. The lowest BCUT2D eigenvalue weighted by Crippen LogP contribution is -2.41. The van der Waals surface area contributed by atoms with Crippen molar-refractivity contribution in [2.45, 2.75) is 31.9 Å². The standard InChI is InChI=1S/C13H18ClN3O2/c1-8-5-10(3-4-19-8)17-13(18)9-6-11(14)12(15-2)16-7-9/h6-8,10H,3-5H2,1-2H3,(H,15,16)(H,17,18). The highest BCUT2D eigenvalue weighted by Gasteiger charge is 2.21. The number of ether oxygens (including phenoxy) is 1. The van der Waals surface area contributed by atoms with Gasteiger partial charge in [-0.25, -0.2) is 4.98 Å². The van der Waals surface area contributed by atoms with Gasteiger partial charge in [0.15, 0.2) is 0 Å². The van der Waals surface area contributed by atoms with Crippen molar-refractivity contribution in [1.29, 1.82) is 0 Å². The van der Waals surface area contributed by atoms with Crippen molar-refractivity contribution in [2.24, 2.45) is 0 Å². The molecule has 6 heteroatoms. The van der Waals surface area contributed by atoms with Crippen LogP contribution >= 0.6 is 11.6 Å². The first kappa shape index (κ1) is 14.1. The Morgan fingerprint density at radius 2 is 2.37 bits per heavy atom. The quantitative estimate of drug-likeness (QED) is 0.891. The van der Waals surface area contributed by atoms with Crippen molar-refractivity contribution < 1.29 is 9.53 Å². The third-order valence-corrected chi connectivity index (χ3v) is 3.45. The number of halogens is 1. The van der Waals surface area contributed by atoms with Gasteiger partial charge in [-0.05, 0) is 25.8 Å². The summed E-state index contributed by atoms with van der Waals surface area (Å²) in [5.74, 6) is 0.425. The van der Waals surface area contributed by atoms with E-state index in [2.05, 4.69) is 15.6 Å². The maximum absolute atomic E-state index is 12.1. The molecule has 0 spiro atoms. The van der Waals surface area contributed by atoms with E-state index < -0.39 is 0 Å². The minimum Gasteiger partial charge on any atom is -0.378 e. The Kier molecular flexibility index (Phi) is 4.61. The van der Waals surface area contributed by atoms with E-state index in [1.807, 2.05) is 6.92 Å². The number of nitrogens with one attached hydrogen (secondary N) is 2. The number of anilines is 1. The third kappa shape index (κ3) is 3.58. The summed E-state index contributed by atoms with van der Waals surface area (Å²) in [5, 5.41) is 6.29. The summed E-state index contributed by atoms with van der Waals surface area (Å²) in [6.07, 6.45) is 3.38. The van der Waals surface area contributed by atoms with Crippen LogP contribution in [0.1, 0.15) is 30.1 Å². The molecule has 1 amide bonds. The van der Waals surface area contributed by atoms with Crippen LogP contribution in [0.2, 0.25) is 5.02 Å². The van der Waals surface area contributed by atoms with Crippen molar-refractivity contribution in [1.82, 2.24) is 10.3 Å². The number of carbonyl (C=O) groups excluding carboxylic acids is 1. The van der Waals surface area contributed by atoms with Crippen molar-refractivity contribution >= 4 is 23.3 Å². The van der Waals surface area contributed by atoms with Gasteiger partial charge in [-0.3, -0.25) is 4.79 Å². The number of hydrogen-bond acceptors (Lipinski definition) is 4. The molecule has 1 aliphatic heterocycles. The van der Waals surface area contributed by atoms with E-state index >= 15 is 0 Å². The molecule has 104 valence electrons. The van der Waals surface area contributed by atoms with Gasteiger partial charge in [0.2, 0.25) is 0 Å². The van der Waals surface area contributed by atoms with Crippen LogP contribution in [0.5, 0.6) is 0 Å². The molecular formula is C13H18ClN3O2. The van der Waals surface area contributed by atoms with Gasteiger partial charge in [0.1, 0.15) is 5.82 Å². The van der Waals surface area contributed by atoms with E-state index in [-0.39, 0.29) is 18.1 Å². The van der Waals surface area contributed by atoms with Gasteiger partial charge in [-0.15, -0.1) is 0 Å². The Labute approximate surface area is 117 Å². The van der Waals surface area contributed by atoms with Crippen LogP contribution in [-0.4, -0.2) is 36.7 Å². The minimum atomic E-state index is -0.142. The van der Waals surface area contributed by atoms with Crippen LogP contribution in [0.25, 0.3) is 0 Å². The maximum Gasteiger partial charge on any atom is 0.253 e. The Morgan fingerprint density at radius 3 is 3.00 bits per heavy atom. The molecule has 1 aromatic rings. The van der Waals surface area contributed by atoms with Crippen LogP contribution in [0.3, 0.4) is 0 Å². The first-order valence-corrected chi connectivity index (χ1v) is 6.73. The lowest BCUT2D eigenvalue weighted by molar-refractivity contribution is 0.0136. The average molecular weight is 284 g/mol. The Hall–Kier alpha value is -1.33. The highest BCUT2D eigenvalue weighted by Crippen LogP contribution is 2.20. The predicted octanol–water partition coefficient (Wildman–Crippen LogP) is 2.07. The number of hydrogen-bond donors (Lipinski definition) is 2. The van der Waals surface area contributed by atoms with Crippen LogP contribution < -0.4 is 10.6 Å². The molecule has 1 aromatic heterocycles. The lowest BCUT2D eigenvalue weighted by Gasteiger charge is -2.27. The molecule has 2 unspecified atom stereocenters. The molecule has 1 saturated heterocycles. The van der Waals surface area contributed by atoms with Gasteiger partial charge in [-0.1, -0.05) is 11.6 Å². The van der Waals surface area contributed by atoms with E-state index in [1.54, 1.807) is 13.1 Å². The molecule has 0 saturated carbocycles. The van der Waals surface area contributed by atoms with E-state index in [9.17, 15) is 4.79 Å². The fourth-order valence-corrected chi connectivity index (χ4v) is 2.40. The molecule has 1 fully saturated rings. The first-order chi connectivity index (χ1) is 9.10. The molecule has 0 aromatic carbocycles. The molecule has 19 heavy (non-hydrogen) atoms. The van der Waals surface area contributed by atoms with E-state index in [0.717, 1.165) is 12.8 Å². The molecule has 2 rings (SSSR count). The summed E-state index contributed by atoms with van der Waals surface area (Å²) in [6.45, 7) is 2.70. The number of amides is 1. The summed E-state index contributed by atoms with van der Waals surface area (Å²) >= 11 is 6.01. The van der Waals surface area contributed by atoms with E-state index in [1.165, 1.54) is 6.20 Å². The fraction of sp³-hybridized carbons (Fsp3) is 0.538. The molecular weight excluding hydrogens is 266 g/mol. The summed E-state index contributed by atoms with van der Waals surface area (Å²) in [5.41, 5.74) is 0.475. The summed E-state index contributed by atoms with van der Waals surface area (Å²) in [6, 6.07) is 1.78. The monoisotopic (exact) mass is 283 g/mol. The Morgan fingerprint density at radius 1 is 1.58 bits per heavy atom. The van der Waals surface area contributed by atoms with Gasteiger partial charge < -0.3 is 15.4 Å². The van der Waals surface area contributed by atoms with Crippen molar-refractivity contribution in [3.05, 3.63) is 22.8 Å². The van der Waals surface area contributed by atoms with E-state index in [4.69, 9.17) is 16.3 Å². The van der Waals surface area contributed by atoms with Crippen molar-refractivity contribution in [3.63, 3.8) is 0 Å². The van der Waals surface area contributed by atoms with Gasteiger partial charge in [0.25, 0.3) is 5.91 Å². The van der Waals surface area contributed by atoms with Crippen LogP contribution in [0.15, 0.2) is 12.3 Å². The number of pyridine rings is 1. The van der Waals surface area contributed by atoms with Gasteiger partial charge in [-0.2, -0.15) is 0 Å². The smallest absolute Gasteiger partial charge is 0.253 e. The number of rotatable bonds is 3. The van der Waals surface area contributed by atoms with Crippen LogP contribution in [0.4, 0.5) is 5.82 Å². The largest absolute Gasteiger partial charge is 0.378 e. The van der Waals surface area contributed by atoms with Crippen molar-refractivity contribution in [2.75, 3.05) is 19.0 Å². The van der Waals surface area contributed by atoms with Crippen LogP contribution in [-0.2, 0) is 4.74 Å². The van der Waals surface area contributed by atoms with Gasteiger partial charge >= 0.3 is 0 Å². The number of nitrogens with zero attached hydrogens (tertiary/aromatic N) is 1. The number of carbonyl (C=O) groups is 1. The highest BCUT2D eigenvalue weighted by atomic mass is 35.5. The van der Waals surface area contributed by atoms with Crippen LogP contribution in [0, 0.1) is 0 Å². The third-order valence-electron chi connectivity index (χ3n) is 3.16. The minimum absolute atomic E-state index is 0.142. The Bertz CT molecular complexity index is 467. The molecule has 2 N–H and O–H groups in total. The average Bonchev–Trinajstić information content (AvgIpc) is 2.38. The fourth-order valence-electron chi connectivity index (χ4n) is 2.14. The molecule has 0 radical (unpaired) electrons. The summed E-state index contributed by atoms with van der Waals surface area (Å²) in [4.78, 5) is 16.2. The highest BCUT2D eigenvalue weighted by molar-refractivity contribution is 6.33. The topological polar surface area (TPSA) is 63.2 Å². The first-order valence-electron chi connectivity index (χ1n) is 6.36. The second-order valence-electron chi connectivity index (χ2n) is 4.68. The lowest BCUT2D eigenvalue weighted by atomic mass is 10.0. The van der Waals surface area contributed by atoms with Gasteiger partial charge in [0, 0.05) is 25.9 Å². The Balaban J connectivity index is 2.01. The molecule has 5 nitrogen and oxygen atoms in total. The summed E-state index contributed by atoms with van der Waals surface area (Å²) < 4.78 is 5.45. The molecule has 0 bridgehead atoms. The second kappa shape index (κ2) is 6.21. The SMILES string of the molecule is CNc1ncc(C(=O)NC2CCOC(C)C2)cc1Cl. The zero-order chi connectivity index (χ0) is 13.8. The zero-order valence-corrected chi connectivity index (χ0v) is 11.8. The molecule has 2 heterocycles. The van der Waals surface area contributed by atoms with Crippen molar-refractivity contribution in [3.8, 4) is 0 Å². The second-order valence-corrected chi connectivity index (χ2v) is 5.09. The van der Waals surface area contributed by atoms with Gasteiger partial charge in [0.05, 0.1) is 16.7 Å². The number of aromatic nitrogens is 1. The maximum atomic E-state index is 12.1. The molecule has 2 atom stereocenters. The zero-order valence-electron chi connectivity index (χ0n) is 11.1. The molecule has 0 aliphatic carbocycles. The summed E-state index contributed by atoms with van der Waals surface area (Å²) in [7, 11) is 1.73. The van der Waals surface area contributed by atoms with E-state index in [0.29, 0.717) is 23.0 Å².